The van der Waals surface area contributed by atoms with Crippen LogP contribution in [0.5, 0.6) is 0 Å². The number of aromatic nitrogens is 3. The van der Waals surface area contributed by atoms with E-state index in [9.17, 15) is 0 Å². The summed E-state index contributed by atoms with van der Waals surface area (Å²) in [4.78, 5) is 0. The maximum atomic E-state index is 3.99. The van der Waals surface area contributed by atoms with Crippen LogP contribution in [0.25, 0.3) is 0 Å². The average molecular weight is 277 g/mol. The molecule has 1 fully saturated rings. The van der Waals surface area contributed by atoms with Crippen molar-refractivity contribution in [3.63, 3.8) is 0 Å². The topological polar surface area (TPSA) is 42.7 Å². The molecule has 0 aromatic carbocycles. The molecule has 2 rings (SSSR count). The molecule has 1 aliphatic rings. The lowest BCUT2D eigenvalue weighted by Gasteiger charge is -2.27. The predicted octanol–water partition coefficient (Wildman–Crippen LogP) is 1.55. The van der Waals surface area contributed by atoms with E-state index in [0.717, 1.165) is 22.8 Å². The Morgan fingerprint density at radius 3 is 2.93 bits per heavy atom. The van der Waals surface area contributed by atoms with Gasteiger partial charge in [0, 0.05) is 7.05 Å². The summed E-state index contributed by atoms with van der Waals surface area (Å²) < 4.78 is 2.67. The molecule has 4 nitrogen and oxygen atoms in total. The Kier molecular flexibility index (Phi) is 3.14. The highest BCUT2D eigenvalue weighted by Crippen LogP contribution is 2.33. The van der Waals surface area contributed by atoms with Crippen molar-refractivity contribution in [2.45, 2.75) is 12.3 Å². The van der Waals surface area contributed by atoms with E-state index in [0.29, 0.717) is 5.37 Å². The van der Waals surface area contributed by atoms with Crippen LogP contribution in [0.3, 0.4) is 0 Å². The molecule has 2 atom stereocenters. The fraction of sp³-hybridized carbons (Fsp3) is 0.750. The number of hydrogen-bond donors (Lipinski definition) is 1. The van der Waals surface area contributed by atoms with E-state index in [4.69, 9.17) is 0 Å². The molecule has 1 aromatic heterocycles. The molecule has 2 heterocycles. The van der Waals surface area contributed by atoms with Gasteiger partial charge in [0.15, 0.2) is 4.60 Å². The van der Waals surface area contributed by atoms with E-state index in [2.05, 4.69) is 38.5 Å². The minimum Gasteiger partial charge on any atom is -0.300 e. The van der Waals surface area contributed by atoms with Gasteiger partial charge in [0.25, 0.3) is 0 Å². The van der Waals surface area contributed by atoms with E-state index < -0.39 is 0 Å². The van der Waals surface area contributed by atoms with Crippen LogP contribution in [0, 0.1) is 5.92 Å². The monoisotopic (exact) mass is 276 g/mol. The molecule has 2 unspecified atom stereocenters. The van der Waals surface area contributed by atoms with Crippen molar-refractivity contribution >= 4 is 27.7 Å². The molecule has 1 aliphatic heterocycles. The first kappa shape index (κ1) is 10.4. The quantitative estimate of drug-likeness (QED) is 0.845. The summed E-state index contributed by atoms with van der Waals surface area (Å²) in [6, 6.07) is 0. The Bertz CT molecular complexity index is 300. The Balaban J connectivity index is 2.15. The van der Waals surface area contributed by atoms with Gasteiger partial charge in [-0.1, -0.05) is 12.1 Å². The van der Waals surface area contributed by atoms with Crippen LogP contribution in [-0.2, 0) is 7.05 Å². The Labute approximate surface area is 96.0 Å². The number of halogens is 1. The number of aryl methyl sites for hydroxylation is 1. The van der Waals surface area contributed by atoms with Crippen LogP contribution < -0.4 is 5.32 Å². The Hall–Kier alpha value is -0.0700. The maximum absolute atomic E-state index is 3.99. The molecule has 0 amide bonds. The summed E-state index contributed by atoms with van der Waals surface area (Å²) in [5.41, 5.74) is 1.13. The zero-order valence-corrected chi connectivity index (χ0v) is 10.6. The number of rotatable bonds is 1. The van der Waals surface area contributed by atoms with Gasteiger partial charge in [-0.05, 0) is 34.1 Å². The largest absolute Gasteiger partial charge is 0.300 e. The van der Waals surface area contributed by atoms with Gasteiger partial charge in [-0.25, -0.2) is 4.68 Å². The van der Waals surface area contributed by atoms with Crippen molar-refractivity contribution < 1.29 is 0 Å². The number of nitrogens with one attached hydrogen (secondary N) is 1. The summed E-state index contributed by atoms with van der Waals surface area (Å²) in [6.07, 6.45) is 0. The van der Waals surface area contributed by atoms with Crippen molar-refractivity contribution in [2.75, 3.05) is 12.3 Å². The lowest BCUT2D eigenvalue weighted by atomic mass is 10.2. The van der Waals surface area contributed by atoms with Gasteiger partial charge in [0.05, 0.1) is 5.37 Å². The highest BCUT2D eigenvalue weighted by Gasteiger charge is 2.24. The van der Waals surface area contributed by atoms with Gasteiger partial charge in [0.1, 0.15) is 5.69 Å². The van der Waals surface area contributed by atoms with Crippen LogP contribution >= 0.6 is 27.7 Å². The third-order valence-electron chi connectivity index (χ3n) is 2.27. The molecule has 1 N–H and O–H groups in total. The number of hydrogen-bond acceptors (Lipinski definition) is 4. The summed E-state index contributed by atoms with van der Waals surface area (Å²) in [5.74, 6) is 1.94. The molecular formula is C8H13BrN4S. The molecule has 0 saturated carbocycles. The van der Waals surface area contributed by atoms with Gasteiger partial charge < -0.3 is 0 Å². The lowest BCUT2D eigenvalue weighted by molar-refractivity contribution is 0.511. The fourth-order valence-corrected chi connectivity index (χ4v) is 3.46. The maximum Gasteiger partial charge on any atom is 0.154 e. The van der Waals surface area contributed by atoms with Gasteiger partial charge in [-0.15, -0.1) is 16.9 Å². The average Bonchev–Trinajstić information content (AvgIpc) is 2.49. The van der Waals surface area contributed by atoms with Crippen molar-refractivity contribution in [3.8, 4) is 0 Å². The lowest BCUT2D eigenvalue weighted by Crippen LogP contribution is -2.32. The Morgan fingerprint density at radius 1 is 1.64 bits per heavy atom. The highest BCUT2D eigenvalue weighted by molar-refractivity contribution is 9.10. The van der Waals surface area contributed by atoms with E-state index in [1.807, 2.05) is 23.5 Å². The summed E-state index contributed by atoms with van der Waals surface area (Å²) in [5, 5.41) is 11.8. The fourth-order valence-electron chi connectivity index (χ4n) is 1.48. The van der Waals surface area contributed by atoms with Crippen molar-refractivity contribution in [2.24, 2.45) is 13.0 Å². The van der Waals surface area contributed by atoms with Gasteiger partial charge in [0.2, 0.25) is 0 Å². The Morgan fingerprint density at radius 2 is 2.43 bits per heavy atom. The molecule has 0 aliphatic carbocycles. The summed E-state index contributed by atoms with van der Waals surface area (Å²) >= 11 is 5.34. The minimum absolute atomic E-state index is 0.320. The van der Waals surface area contributed by atoms with Gasteiger partial charge in [-0.2, -0.15) is 0 Å². The summed E-state index contributed by atoms with van der Waals surface area (Å²) in [7, 11) is 1.92. The molecule has 78 valence electrons. The molecule has 0 bridgehead atoms. The van der Waals surface area contributed by atoms with Crippen LogP contribution in [0.15, 0.2) is 4.60 Å². The molecule has 6 heteroatoms. The van der Waals surface area contributed by atoms with E-state index in [1.54, 1.807) is 0 Å². The zero-order chi connectivity index (χ0) is 10.1. The second-order valence-electron chi connectivity index (χ2n) is 3.62. The standard InChI is InChI=1S/C8H13BrN4S/c1-5-3-10-8(14-4-5)6-7(9)11-12-13(6)2/h5,8,10H,3-4H2,1-2H3. The normalized spacial score (nSPS) is 27.9. The molecule has 1 saturated heterocycles. The van der Waals surface area contributed by atoms with E-state index >= 15 is 0 Å². The first-order valence-electron chi connectivity index (χ1n) is 4.58. The van der Waals surface area contributed by atoms with Gasteiger partial charge in [-0.3, -0.25) is 5.32 Å². The van der Waals surface area contributed by atoms with Crippen LogP contribution in [0.2, 0.25) is 0 Å². The third kappa shape index (κ3) is 1.97. The smallest absolute Gasteiger partial charge is 0.154 e. The van der Waals surface area contributed by atoms with Gasteiger partial charge >= 0.3 is 0 Å². The molecule has 1 aromatic rings. The summed E-state index contributed by atoms with van der Waals surface area (Å²) in [6.45, 7) is 3.32. The van der Waals surface area contributed by atoms with E-state index in [1.165, 1.54) is 5.75 Å². The zero-order valence-electron chi connectivity index (χ0n) is 8.20. The molecule has 0 radical (unpaired) electrons. The van der Waals surface area contributed by atoms with Crippen LogP contribution in [0.4, 0.5) is 0 Å². The second-order valence-corrected chi connectivity index (χ2v) is 5.51. The number of thioether (sulfide) groups is 1. The van der Waals surface area contributed by atoms with Crippen LogP contribution in [0.1, 0.15) is 18.0 Å². The van der Waals surface area contributed by atoms with Crippen molar-refractivity contribution in [1.29, 1.82) is 0 Å². The predicted molar refractivity (Wildman–Crippen MR) is 61.1 cm³/mol. The SMILES string of the molecule is CC1CNC(c2c(Br)nnn2C)SC1. The number of nitrogens with zero attached hydrogens (tertiary/aromatic N) is 3. The first-order valence-corrected chi connectivity index (χ1v) is 6.42. The first-order chi connectivity index (χ1) is 6.68. The highest BCUT2D eigenvalue weighted by atomic mass is 79.9. The van der Waals surface area contributed by atoms with Crippen LogP contribution in [-0.4, -0.2) is 27.3 Å². The molecule has 0 spiro atoms. The molecule has 14 heavy (non-hydrogen) atoms. The second kappa shape index (κ2) is 4.20. The van der Waals surface area contributed by atoms with Crippen molar-refractivity contribution in [3.05, 3.63) is 10.3 Å². The van der Waals surface area contributed by atoms with E-state index in [-0.39, 0.29) is 0 Å². The minimum atomic E-state index is 0.320. The molecular weight excluding hydrogens is 264 g/mol. The third-order valence-corrected chi connectivity index (χ3v) is 4.32. The van der Waals surface area contributed by atoms with Crippen molar-refractivity contribution in [1.82, 2.24) is 20.3 Å².